The van der Waals surface area contributed by atoms with Crippen LogP contribution < -0.4 is 10.2 Å². The maximum Gasteiger partial charge on any atom is 0.159 e. The average Bonchev–Trinajstić information content (AvgIpc) is 3.25. The third-order valence-corrected chi connectivity index (χ3v) is 6.02. The lowest BCUT2D eigenvalue weighted by molar-refractivity contribution is 0.415. The fourth-order valence-electron chi connectivity index (χ4n) is 3.31. The highest BCUT2D eigenvalue weighted by Crippen LogP contribution is 2.36. The van der Waals surface area contributed by atoms with Gasteiger partial charge in [-0.15, -0.1) is 11.3 Å². The lowest BCUT2D eigenvalue weighted by Crippen LogP contribution is -1.97. The quantitative estimate of drug-likeness (QED) is 0.203. The van der Waals surface area contributed by atoms with Gasteiger partial charge in [-0.3, -0.25) is 5.43 Å². The first-order valence-corrected chi connectivity index (χ1v) is 10.7. The predicted octanol–water partition coefficient (Wildman–Crippen LogP) is 6.01. The van der Waals surface area contributed by atoms with Crippen LogP contribution in [0.1, 0.15) is 5.56 Å². The van der Waals surface area contributed by atoms with Crippen molar-refractivity contribution in [3.8, 4) is 16.9 Å². The first kappa shape index (κ1) is 19.4. The Morgan fingerprint density at radius 1 is 1.10 bits per heavy atom. The first-order chi connectivity index (χ1) is 15.2. The Labute approximate surface area is 187 Å². The standard InChI is InChI=1S/C23H16ClN5OS/c1-30-17-8-7-15-9-16(21(24)28-19(15)10-17)11-27-29-22-20-18(14-5-3-2-4-6-14)12-31-23(20)26-13-25-22/h2-13H,1H3,(H,25,26,29). The zero-order chi connectivity index (χ0) is 21.2. The van der Waals surface area contributed by atoms with E-state index in [1.165, 1.54) is 6.33 Å². The summed E-state index contributed by atoms with van der Waals surface area (Å²) < 4.78 is 5.25. The van der Waals surface area contributed by atoms with Crippen LogP contribution in [0.15, 0.2) is 71.4 Å². The van der Waals surface area contributed by atoms with Crippen LogP contribution in [0.5, 0.6) is 5.75 Å². The van der Waals surface area contributed by atoms with Gasteiger partial charge in [-0.25, -0.2) is 15.0 Å². The lowest BCUT2D eigenvalue weighted by atomic mass is 10.1. The minimum Gasteiger partial charge on any atom is -0.497 e. The molecule has 0 saturated heterocycles. The zero-order valence-corrected chi connectivity index (χ0v) is 18.0. The van der Waals surface area contributed by atoms with Crippen molar-refractivity contribution in [2.75, 3.05) is 12.5 Å². The van der Waals surface area contributed by atoms with Gasteiger partial charge in [0.25, 0.3) is 0 Å². The monoisotopic (exact) mass is 445 g/mol. The second kappa shape index (κ2) is 8.29. The Kier molecular flexibility index (Phi) is 5.19. The summed E-state index contributed by atoms with van der Waals surface area (Å²) in [7, 11) is 1.62. The van der Waals surface area contributed by atoms with Crippen LogP contribution in [-0.4, -0.2) is 28.3 Å². The van der Waals surface area contributed by atoms with Gasteiger partial charge in [-0.05, 0) is 23.8 Å². The molecule has 5 rings (SSSR count). The number of hydrogen-bond donors (Lipinski definition) is 1. The topological polar surface area (TPSA) is 72.3 Å². The van der Waals surface area contributed by atoms with Crippen molar-refractivity contribution in [3.63, 3.8) is 0 Å². The molecule has 0 aliphatic rings. The second-order valence-corrected chi connectivity index (χ2v) is 7.93. The molecule has 0 fully saturated rings. The number of hydrazone groups is 1. The Balaban J connectivity index is 1.47. The van der Waals surface area contributed by atoms with Gasteiger partial charge in [0.05, 0.1) is 24.2 Å². The molecular weight excluding hydrogens is 430 g/mol. The van der Waals surface area contributed by atoms with Crippen molar-refractivity contribution in [1.29, 1.82) is 0 Å². The smallest absolute Gasteiger partial charge is 0.159 e. The van der Waals surface area contributed by atoms with Gasteiger partial charge in [0.1, 0.15) is 22.1 Å². The largest absolute Gasteiger partial charge is 0.497 e. The van der Waals surface area contributed by atoms with Crippen molar-refractivity contribution in [3.05, 3.63) is 77.0 Å². The van der Waals surface area contributed by atoms with E-state index in [-0.39, 0.29) is 0 Å². The number of hydrogen-bond acceptors (Lipinski definition) is 7. The number of halogens is 1. The molecule has 152 valence electrons. The second-order valence-electron chi connectivity index (χ2n) is 6.71. The predicted molar refractivity (Wildman–Crippen MR) is 127 cm³/mol. The van der Waals surface area contributed by atoms with Crippen molar-refractivity contribution in [2.45, 2.75) is 0 Å². The van der Waals surface area contributed by atoms with Crippen LogP contribution in [0.2, 0.25) is 5.15 Å². The summed E-state index contributed by atoms with van der Waals surface area (Å²) in [6, 6.07) is 17.8. The minimum atomic E-state index is 0.361. The number of nitrogens with zero attached hydrogens (tertiary/aromatic N) is 4. The highest BCUT2D eigenvalue weighted by atomic mass is 35.5. The van der Waals surface area contributed by atoms with Crippen molar-refractivity contribution >= 4 is 56.1 Å². The molecule has 0 radical (unpaired) electrons. The van der Waals surface area contributed by atoms with E-state index < -0.39 is 0 Å². The van der Waals surface area contributed by atoms with Gasteiger partial charge in [0, 0.05) is 28.0 Å². The summed E-state index contributed by atoms with van der Waals surface area (Å²) in [5, 5.41) is 8.69. The molecule has 1 N–H and O–H groups in total. The molecule has 3 heterocycles. The fraction of sp³-hybridized carbons (Fsp3) is 0.0435. The number of ether oxygens (including phenoxy) is 1. The normalized spacial score (nSPS) is 11.4. The van der Waals surface area contributed by atoms with Gasteiger partial charge in [0.2, 0.25) is 0 Å². The van der Waals surface area contributed by atoms with Crippen LogP contribution in [0.25, 0.3) is 32.2 Å². The number of fused-ring (bicyclic) bond motifs is 2. The number of rotatable bonds is 5. The summed E-state index contributed by atoms with van der Waals surface area (Å²) in [5.41, 5.74) is 6.68. The molecule has 0 unspecified atom stereocenters. The molecule has 3 aromatic heterocycles. The fourth-order valence-corrected chi connectivity index (χ4v) is 4.42. The Bertz CT molecular complexity index is 1420. The maximum atomic E-state index is 6.37. The molecule has 0 spiro atoms. The summed E-state index contributed by atoms with van der Waals surface area (Å²) in [6.07, 6.45) is 3.17. The Hall–Kier alpha value is -3.55. The average molecular weight is 446 g/mol. The Morgan fingerprint density at radius 2 is 1.97 bits per heavy atom. The molecule has 0 amide bonds. The van der Waals surface area contributed by atoms with Gasteiger partial charge < -0.3 is 4.74 Å². The van der Waals surface area contributed by atoms with E-state index in [0.29, 0.717) is 16.5 Å². The van der Waals surface area contributed by atoms with Crippen LogP contribution in [-0.2, 0) is 0 Å². The van der Waals surface area contributed by atoms with Crippen LogP contribution in [0.4, 0.5) is 5.82 Å². The van der Waals surface area contributed by atoms with E-state index in [0.717, 1.165) is 38.0 Å². The van der Waals surface area contributed by atoms with E-state index in [1.807, 2.05) is 42.5 Å². The molecule has 2 aromatic carbocycles. The van der Waals surface area contributed by atoms with Crippen LogP contribution in [0, 0.1) is 0 Å². The number of anilines is 1. The summed E-state index contributed by atoms with van der Waals surface area (Å²) in [5.74, 6) is 1.37. The molecule has 8 heteroatoms. The van der Waals surface area contributed by atoms with Gasteiger partial charge in [-0.2, -0.15) is 5.10 Å². The van der Waals surface area contributed by atoms with Crippen molar-refractivity contribution < 1.29 is 4.74 Å². The molecular formula is C23H16ClN5OS. The number of nitrogens with one attached hydrogen (secondary N) is 1. The third kappa shape index (κ3) is 3.81. The van der Waals surface area contributed by atoms with Crippen molar-refractivity contribution in [2.24, 2.45) is 5.10 Å². The number of thiophene rings is 1. The highest BCUT2D eigenvalue weighted by molar-refractivity contribution is 7.17. The summed E-state index contributed by atoms with van der Waals surface area (Å²) in [6.45, 7) is 0. The lowest BCUT2D eigenvalue weighted by Gasteiger charge is -2.06. The van der Waals surface area contributed by atoms with Gasteiger partial charge in [0.15, 0.2) is 5.82 Å². The van der Waals surface area contributed by atoms with E-state index in [4.69, 9.17) is 16.3 Å². The molecule has 31 heavy (non-hydrogen) atoms. The molecule has 5 aromatic rings. The van der Waals surface area contributed by atoms with Crippen LogP contribution in [0.3, 0.4) is 0 Å². The summed E-state index contributed by atoms with van der Waals surface area (Å²) >= 11 is 7.94. The van der Waals surface area contributed by atoms with Gasteiger partial charge >= 0.3 is 0 Å². The molecule has 0 aliphatic heterocycles. The minimum absolute atomic E-state index is 0.361. The third-order valence-electron chi connectivity index (χ3n) is 4.83. The molecule has 0 saturated carbocycles. The molecule has 6 nitrogen and oxygen atoms in total. The molecule has 0 aliphatic carbocycles. The molecule has 0 atom stereocenters. The van der Waals surface area contributed by atoms with Crippen LogP contribution >= 0.6 is 22.9 Å². The maximum absolute atomic E-state index is 6.37. The SMILES string of the molecule is COc1ccc2cc(C=NNc3ncnc4scc(-c5ccccc5)c34)c(Cl)nc2c1. The molecule has 0 bridgehead atoms. The first-order valence-electron chi connectivity index (χ1n) is 9.44. The van der Waals surface area contributed by atoms with E-state index >= 15 is 0 Å². The Morgan fingerprint density at radius 3 is 2.81 bits per heavy atom. The van der Waals surface area contributed by atoms with Crippen molar-refractivity contribution in [1.82, 2.24) is 15.0 Å². The number of aromatic nitrogens is 3. The zero-order valence-electron chi connectivity index (χ0n) is 16.4. The highest BCUT2D eigenvalue weighted by Gasteiger charge is 2.12. The number of benzene rings is 2. The van der Waals surface area contributed by atoms with Gasteiger partial charge in [-0.1, -0.05) is 41.9 Å². The number of methoxy groups -OCH3 is 1. The van der Waals surface area contributed by atoms with E-state index in [1.54, 1.807) is 24.7 Å². The summed E-state index contributed by atoms with van der Waals surface area (Å²) in [4.78, 5) is 14.1. The van der Waals surface area contributed by atoms with E-state index in [9.17, 15) is 0 Å². The van der Waals surface area contributed by atoms with E-state index in [2.05, 4.69) is 43.0 Å². The number of pyridine rings is 1.